The van der Waals surface area contributed by atoms with Crippen LogP contribution in [0.2, 0.25) is 0 Å². The van der Waals surface area contributed by atoms with Gasteiger partial charge < -0.3 is 0 Å². The molecule has 0 amide bonds. The molecule has 0 unspecified atom stereocenters. The van der Waals surface area contributed by atoms with Gasteiger partial charge in [0, 0.05) is 5.92 Å². The van der Waals surface area contributed by atoms with Crippen molar-refractivity contribution in [2.24, 2.45) is 23.7 Å². The van der Waals surface area contributed by atoms with Crippen LogP contribution in [0, 0.1) is 35.0 Å². The molecule has 0 aromatic rings. The molecule has 0 heterocycles. The van der Waals surface area contributed by atoms with E-state index in [0.717, 1.165) is 30.6 Å². The molecule has 2 aliphatic rings. The van der Waals surface area contributed by atoms with Crippen LogP contribution in [0.3, 0.4) is 0 Å². The van der Waals surface area contributed by atoms with E-state index in [0.29, 0.717) is 5.92 Å². The number of rotatable bonds is 2. The Morgan fingerprint density at radius 3 is 1.88 bits per heavy atom. The molecule has 1 heteroatoms. The first-order chi connectivity index (χ1) is 8.33. The summed E-state index contributed by atoms with van der Waals surface area (Å²) in [5.74, 6) is 3.12. The van der Waals surface area contributed by atoms with Crippen molar-refractivity contribution in [3.8, 4) is 6.07 Å². The molecule has 2 aliphatic carbocycles. The van der Waals surface area contributed by atoms with E-state index in [2.05, 4.69) is 25.1 Å². The molecule has 2 fully saturated rings. The van der Waals surface area contributed by atoms with Crippen LogP contribution in [0.25, 0.3) is 0 Å². The van der Waals surface area contributed by atoms with Crippen molar-refractivity contribution >= 4 is 0 Å². The van der Waals surface area contributed by atoms with Gasteiger partial charge in [-0.15, -0.1) is 0 Å². The Hall–Kier alpha value is -0.770. The van der Waals surface area contributed by atoms with Crippen LogP contribution in [-0.2, 0) is 0 Å². The quantitative estimate of drug-likeness (QED) is 0.632. The first-order valence-electron chi connectivity index (χ1n) is 7.36. The van der Waals surface area contributed by atoms with Crippen LogP contribution in [-0.4, -0.2) is 0 Å². The normalized spacial score (nSPS) is 39.1. The maximum absolute atomic E-state index is 8.92. The van der Waals surface area contributed by atoms with Gasteiger partial charge >= 0.3 is 0 Å². The van der Waals surface area contributed by atoms with E-state index in [1.807, 2.05) is 0 Å². The zero-order valence-electron chi connectivity index (χ0n) is 11.1. The van der Waals surface area contributed by atoms with Crippen LogP contribution < -0.4 is 0 Å². The summed E-state index contributed by atoms with van der Waals surface area (Å²) in [5.41, 5.74) is 0. The van der Waals surface area contributed by atoms with E-state index < -0.39 is 0 Å². The fourth-order valence-corrected chi connectivity index (χ4v) is 3.80. The Bertz CT molecular complexity index is 283. The van der Waals surface area contributed by atoms with Crippen molar-refractivity contribution in [1.29, 1.82) is 5.26 Å². The van der Waals surface area contributed by atoms with Crippen LogP contribution in [0.4, 0.5) is 0 Å². The number of nitriles is 1. The van der Waals surface area contributed by atoms with Gasteiger partial charge in [-0.1, -0.05) is 12.2 Å². The summed E-state index contributed by atoms with van der Waals surface area (Å²) in [6.07, 6.45) is 15.2. The third-order valence-corrected chi connectivity index (χ3v) is 4.90. The third kappa shape index (κ3) is 3.35. The number of allylic oxidation sites excluding steroid dienone is 2. The number of hydrogen-bond acceptors (Lipinski definition) is 1. The topological polar surface area (TPSA) is 23.8 Å². The summed E-state index contributed by atoms with van der Waals surface area (Å²) in [6.45, 7) is 2.13. The molecule has 0 atom stereocenters. The van der Waals surface area contributed by atoms with Gasteiger partial charge in [-0.25, -0.2) is 0 Å². The lowest BCUT2D eigenvalue weighted by atomic mass is 9.69. The molecule has 2 saturated carbocycles. The summed E-state index contributed by atoms with van der Waals surface area (Å²) in [4.78, 5) is 0. The number of nitrogens with zero attached hydrogens (tertiary/aromatic N) is 1. The smallest absolute Gasteiger partial charge is 0.0655 e. The molecule has 0 bridgehead atoms. The predicted molar refractivity (Wildman–Crippen MR) is 71.3 cm³/mol. The molecule has 0 radical (unpaired) electrons. The lowest BCUT2D eigenvalue weighted by Gasteiger charge is -2.36. The van der Waals surface area contributed by atoms with Crippen LogP contribution >= 0.6 is 0 Å². The number of hydrogen-bond donors (Lipinski definition) is 0. The zero-order chi connectivity index (χ0) is 12.1. The molecule has 0 N–H and O–H groups in total. The standard InChI is InChI=1S/C16H25N/c1-2-3-13-4-8-15(9-5-13)16-10-6-14(12-17)7-11-16/h2-3,13-16H,4-11H2,1H3/b3-2+/t13-,14-,15-,16-. The van der Waals surface area contributed by atoms with E-state index in [1.165, 1.54) is 38.5 Å². The average molecular weight is 231 g/mol. The van der Waals surface area contributed by atoms with Gasteiger partial charge in [0.05, 0.1) is 6.07 Å². The molecule has 0 aromatic carbocycles. The SMILES string of the molecule is C/C=C/[C@H]1CC[C@H]([C@H]2CC[C@H](C#N)CC2)CC1. The molecule has 1 nitrogen and oxygen atoms in total. The summed E-state index contributed by atoms with van der Waals surface area (Å²) < 4.78 is 0. The molecule has 94 valence electrons. The van der Waals surface area contributed by atoms with Gasteiger partial charge in [0.2, 0.25) is 0 Å². The van der Waals surface area contributed by atoms with Crippen molar-refractivity contribution in [3.63, 3.8) is 0 Å². The zero-order valence-corrected chi connectivity index (χ0v) is 11.1. The van der Waals surface area contributed by atoms with Crippen LogP contribution in [0.15, 0.2) is 12.2 Å². The van der Waals surface area contributed by atoms with Crippen LogP contribution in [0.5, 0.6) is 0 Å². The molecule has 17 heavy (non-hydrogen) atoms. The Labute approximate surface area is 106 Å². The highest BCUT2D eigenvalue weighted by Gasteiger charge is 2.30. The average Bonchev–Trinajstić information content (AvgIpc) is 2.40. The van der Waals surface area contributed by atoms with Gasteiger partial charge in [-0.3, -0.25) is 0 Å². The van der Waals surface area contributed by atoms with Crippen molar-refractivity contribution in [2.45, 2.75) is 58.3 Å². The molecule has 0 spiro atoms. The first kappa shape index (κ1) is 12.7. The van der Waals surface area contributed by atoms with Gasteiger partial charge in [-0.05, 0) is 76.0 Å². The largest absolute Gasteiger partial charge is 0.198 e. The second kappa shape index (κ2) is 6.24. The highest BCUT2D eigenvalue weighted by molar-refractivity contribution is 4.92. The molecular formula is C16H25N. The lowest BCUT2D eigenvalue weighted by molar-refractivity contribution is 0.168. The van der Waals surface area contributed by atoms with Gasteiger partial charge in [-0.2, -0.15) is 5.26 Å². The monoisotopic (exact) mass is 231 g/mol. The summed E-state index contributed by atoms with van der Waals surface area (Å²) in [6, 6.07) is 2.44. The Balaban J connectivity index is 1.76. The Kier molecular flexibility index (Phi) is 4.66. The molecule has 0 aromatic heterocycles. The van der Waals surface area contributed by atoms with Gasteiger partial charge in [0.25, 0.3) is 0 Å². The van der Waals surface area contributed by atoms with E-state index >= 15 is 0 Å². The summed E-state index contributed by atoms with van der Waals surface area (Å²) >= 11 is 0. The maximum atomic E-state index is 8.92. The van der Waals surface area contributed by atoms with Crippen molar-refractivity contribution in [1.82, 2.24) is 0 Å². The molecular weight excluding hydrogens is 206 g/mol. The maximum Gasteiger partial charge on any atom is 0.0655 e. The van der Waals surface area contributed by atoms with Gasteiger partial charge in [0.1, 0.15) is 0 Å². The van der Waals surface area contributed by atoms with Crippen molar-refractivity contribution in [2.75, 3.05) is 0 Å². The highest BCUT2D eigenvalue weighted by atomic mass is 14.4. The van der Waals surface area contributed by atoms with Crippen LogP contribution in [0.1, 0.15) is 58.3 Å². The second-order valence-electron chi connectivity index (χ2n) is 5.94. The van der Waals surface area contributed by atoms with E-state index in [1.54, 1.807) is 0 Å². The third-order valence-electron chi connectivity index (χ3n) is 4.90. The minimum atomic E-state index is 0.366. The van der Waals surface area contributed by atoms with Crippen molar-refractivity contribution < 1.29 is 0 Å². The molecule has 2 rings (SSSR count). The lowest BCUT2D eigenvalue weighted by Crippen LogP contribution is -2.25. The van der Waals surface area contributed by atoms with Crippen molar-refractivity contribution in [3.05, 3.63) is 12.2 Å². The minimum Gasteiger partial charge on any atom is -0.198 e. The second-order valence-corrected chi connectivity index (χ2v) is 5.94. The predicted octanol–water partition coefficient (Wildman–Crippen LogP) is 4.70. The minimum absolute atomic E-state index is 0.366. The first-order valence-corrected chi connectivity index (χ1v) is 7.36. The van der Waals surface area contributed by atoms with E-state index in [4.69, 9.17) is 5.26 Å². The fraction of sp³-hybridized carbons (Fsp3) is 0.812. The van der Waals surface area contributed by atoms with E-state index in [9.17, 15) is 0 Å². The fourth-order valence-electron chi connectivity index (χ4n) is 3.80. The summed E-state index contributed by atoms with van der Waals surface area (Å²) in [5, 5.41) is 8.92. The highest BCUT2D eigenvalue weighted by Crippen LogP contribution is 2.41. The van der Waals surface area contributed by atoms with E-state index in [-0.39, 0.29) is 0 Å². The molecule has 0 saturated heterocycles. The Morgan fingerprint density at radius 1 is 0.882 bits per heavy atom. The van der Waals surface area contributed by atoms with Gasteiger partial charge in [0.15, 0.2) is 0 Å². The summed E-state index contributed by atoms with van der Waals surface area (Å²) in [7, 11) is 0. The molecule has 0 aliphatic heterocycles. The Morgan fingerprint density at radius 2 is 1.41 bits per heavy atom.